The number of carbonyl (C=O) groups is 2. The minimum absolute atomic E-state index is 0.0620. The molecule has 0 amide bonds. The summed E-state index contributed by atoms with van der Waals surface area (Å²) >= 11 is -3.02. The van der Waals surface area contributed by atoms with Gasteiger partial charge in [-0.2, -0.15) is 0 Å². The van der Waals surface area contributed by atoms with Crippen LogP contribution in [0.4, 0.5) is 10.5 Å². The van der Waals surface area contributed by atoms with Gasteiger partial charge in [0.15, 0.2) is 0 Å². The van der Waals surface area contributed by atoms with E-state index < -0.39 is 41.0 Å². The number of nitrogens with zero attached hydrogens (tertiary/aromatic N) is 2. The molecule has 1 aromatic heterocycles. The van der Waals surface area contributed by atoms with Gasteiger partial charge in [0.25, 0.3) is 0 Å². The predicted octanol–water partition coefficient (Wildman–Crippen LogP) is 3.59. The molecule has 0 atom stereocenters. The number of non-ortho nitro benzene ring substituents is 1. The molecule has 0 saturated heterocycles. The molecule has 2 aromatic rings. The molecule has 0 spiro atoms. The van der Waals surface area contributed by atoms with Crippen LogP contribution in [-0.4, -0.2) is 52.6 Å². The maximum absolute atomic E-state index is 13.1. The average molecular weight is 501 g/mol. The molecule has 1 aromatic carbocycles. The van der Waals surface area contributed by atoms with E-state index in [1.165, 1.54) is 23.8 Å². The molecule has 0 aliphatic heterocycles. The van der Waals surface area contributed by atoms with Gasteiger partial charge in [-0.3, -0.25) is 0 Å². The number of carbonyl (C=O) groups excluding carboxylic acids is 2. The number of rotatable bonds is 4. The van der Waals surface area contributed by atoms with Gasteiger partial charge in [-0.25, -0.2) is 0 Å². The fourth-order valence-corrected chi connectivity index (χ4v) is 8.88. The van der Waals surface area contributed by atoms with E-state index in [4.69, 9.17) is 9.47 Å². The Morgan fingerprint density at radius 2 is 1.86 bits per heavy atom. The van der Waals surface area contributed by atoms with E-state index in [-0.39, 0.29) is 12.1 Å². The molecule has 152 valence electrons. The van der Waals surface area contributed by atoms with Crippen LogP contribution in [0, 0.1) is 10.1 Å². The third-order valence-corrected chi connectivity index (χ3v) is 9.66. The van der Waals surface area contributed by atoms with Crippen molar-refractivity contribution in [2.24, 2.45) is 0 Å². The molecule has 0 fully saturated rings. The molecular formula is C19H26N2O6Sn. The van der Waals surface area contributed by atoms with E-state index in [9.17, 15) is 19.7 Å². The van der Waals surface area contributed by atoms with Crippen LogP contribution in [-0.2, 0) is 20.7 Å². The van der Waals surface area contributed by atoms with Gasteiger partial charge in [-0.1, -0.05) is 0 Å². The number of nitro groups is 1. The summed E-state index contributed by atoms with van der Waals surface area (Å²) in [6.07, 6.45) is -0.614. The van der Waals surface area contributed by atoms with E-state index in [2.05, 4.69) is 14.8 Å². The molecule has 28 heavy (non-hydrogen) atoms. The van der Waals surface area contributed by atoms with E-state index in [0.29, 0.717) is 16.5 Å². The molecule has 0 bridgehead atoms. The van der Waals surface area contributed by atoms with E-state index in [0.717, 1.165) is 3.71 Å². The van der Waals surface area contributed by atoms with Crippen LogP contribution >= 0.6 is 0 Å². The summed E-state index contributed by atoms with van der Waals surface area (Å²) in [6.45, 7) is 5.32. The Balaban J connectivity index is 2.91. The second kappa shape index (κ2) is 7.73. The van der Waals surface area contributed by atoms with Crippen LogP contribution in [0.3, 0.4) is 0 Å². The molecule has 0 saturated carbocycles. The molecular weight excluding hydrogens is 475 g/mol. The zero-order chi connectivity index (χ0) is 21.4. The van der Waals surface area contributed by atoms with E-state index >= 15 is 0 Å². The van der Waals surface area contributed by atoms with Crippen molar-refractivity contribution >= 4 is 50.7 Å². The minimum atomic E-state index is -3.02. The predicted molar refractivity (Wildman–Crippen MR) is 109 cm³/mol. The van der Waals surface area contributed by atoms with Gasteiger partial charge >= 0.3 is 168 Å². The van der Waals surface area contributed by atoms with Crippen LogP contribution in [0.25, 0.3) is 10.9 Å². The monoisotopic (exact) mass is 502 g/mol. The SMILES string of the molecule is COC(=O)C[14c]1c2cc([N+](=O)[O-])ccc2n(C(=O)OC(C)(C)C)[14c]1[Sn]([CH3])([CH3])[CH3]. The number of aromatic nitrogens is 1. The number of hydrogen-bond acceptors (Lipinski definition) is 6. The van der Waals surface area contributed by atoms with Crippen LogP contribution in [0.15, 0.2) is 18.2 Å². The van der Waals surface area contributed by atoms with E-state index in [1.807, 2.05) is 0 Å². The number of esters is 1. The Kier molecular flexibility index (Phi) is 6.12. The zero-order valence-electron chi connectivity index (χ0n) is 17.3. The van der Waals surface area contributed by atoms with Crippen molar-refractivity contribution in [3.8, 4) is 0 Å². The fourth-order valence-electron chi connectivity index (χ4n) is 3.14. The van der Waals surface area contributed by atoms with Crippen molar-refractivity contribution in [2.75, 3.05) is 7.11 Å². The Morgan fingerprint density at radius 1 is 1.25 bits per heavy atom. The quantitative estimate of drug-likeness (QED) is 0.275. The number of nitro benzene ring substituents is 1. The normalized spacial score (nSPS) is 12.1. The Hall–Kier alpha value is -2.10. The molecule has 0 aliphatic rings. The second-order valence-electron chi connectivity index (χ2n) is 8.60. The standard InChI is InChI=1S/C16H17N2O6.3CH3.Sn/c1-16(2,3)24-15(20)17-9-10(7-14(19)23-4)12-8-11(18(21)22)5-6-13(12)17;;;;/h5-6,8H,7H2,1-4H3;3*1H3;/i9+2,10+2;;;;. The number of hydrogen-bond donors (Lipinski definition) is 0. The van der Waals surface area contributed by atoms with Gasteiger partial charge in [0.05, 0.1) is 0 Å². The number of methoxy groups -OCH3 is 1. The third kappa shape index (κ3) is 4.65. The topological polar surface area (TPSA) is 101 Å². The van der Waals surface area contributed by atoms with Crippen molar-refractivity contribution in [2.45, 2.75) is 47.6 Å². The molecule has 9 heteroatoms. The van der Waals surface area contributed by atoms with Crippen LogP contribution < -0.4 is 3.71 Å². The summed E-state index contributed by atoms with van der Waals surface area (Å²) in [7, 11) is 1.29. The third-order valence-electron chi connectivity index (χ3n) is 4.10. The van der Waals surface area contributed by atoms with Crippen molar-refractivity contribution in [3.63, 3.8) is 0 Å². The molecule has 0 radical (unpaired) electrons. The van der Waals surface area contributed by atoms with Gasteiger partial charge in [0, 0.05) is 0 Å². The number of benzene rings is 1. The molecule has 0 unspecified atom stereocenters. The van der Waals surface area contributed by atoms with E-state index in [1.54, 1.807) is 26.8 Å². The first-order chi connectivity index (χ1) is 12.8. The van der Waals surface area contributed by atoms with Crippen LogP contribution in [0.2, 0.25) is 14.8 Å². The summed E-state index contributed by atoms with van der Waals surface area (Å²) < 4.78 is 12.7. The summed E-state index contributed by atoms with van der Waals surface area (Å²) in [4.78, 5) is 42.2. The summed E-state index contributed by atoms with van der Waals surface area (Å²) in [6, 6.07) is 4.31. The molecule has 0 aliphatic carbocycles. The van der Waals surface area contributed by atoms with Gasteiger partial charge in [0.2, 0.25) is 0 Å². The average Bonchev–Trinajstić information content (AvgIpc) is 2.87. The van der Waals surface area contributed by atoms with Crippen LogP contribution in [0.1, 0.15) is 26.3 Å². The number of ether oxygens (including phenoxy) is 2. The van der Waals surface area contributed by atoms with Crippen molar-refractivity contribution in [1.82, 2.24) is 4.57 Å². The van der Waals surface area contributed by atoms with Crippen molar-refractivity contribution in [3.05, 3.63) is 33.9 Å². The Labute approximate surface area is 167 Å². The van der Waals surface area contributed by atoms with Gasteiger partial charge in [-0.15, -0.1) is 0 Å². The summed E-state index contributed by atoms with van der Waals surface area (Å²) in [5, 5.41) is 11.8. The molecule has 8 nitrogen and oxygen atoms in total. The van der Waals surface area contributed by atoms with Crippen LogP contribution in [0.5, 0.6) is 0 Å². The van der Waals surface area contributed by atoms with Gasteiger partial charge in [0.1, 0.15) is 0 Å². The summed E-state index contributed by atoms with van der Waals surface area (Å²) in [5.74, 6) is -0.466. The van der Waals surface area contributed by atoms with Gasteiger partial charge < -0.3 is 0 Å². The number of fused-ring (bicyclic) bond motifs is 1. The van der Waals surface area contributed by atoms with Gasteiger partial charge in [-0.05, 0) is 0 Å². The first-order valence-corrected chi connectivity index (χ1v) is 18.9. The zero-order valence-corrected chi connectivity index (χ0v) is 20.1. The fraction of sp³-hybridized carbons (Fsp3) is 0.474. The van der Waals surface area contributed by atoms with Crippen molar-refractivity contribution in [1.29, 1.82) is 0 Å². The first-order valence-electron chi connectivity index (χ1n) is 8.88. The Bertz CT molecular complexity index is 950. The molecule has 2 rings (SSSR count). The second-order valence-corrected chi connectivity index (χ2v) is 22.8. The van der Waals surface area contributed by atoms with Crippen molar-refractivity contribution < 1.29 is 24.0 Å². The molecule has 0 N–H and O–H groups in total. The summed E-state index contributed by atoms with van der Waals surface area (Å²) in [5.41, 5.74) is 0.303. The molecule has 1 heterocycles. The first kappa shape index (κ1) is 22.2. The Morgan fingerprint density at radius 3 is 2.32 bits per heavy atom. The maximum atomic E-state index is 13.1.